The number of carbonyl (C=O) groups excluding carboxylic acids is 2. The summed E-state index contributed by atoms with van der Waals surface area (Å²) in [7, 11) is -1.04. The van der Waals surface area contributed by atoms with Crippen LogP contribution in [0.2, 0.25) is 0 Å². The van der Waals surface area contributed by atoms with E-state index >= 15 is 0 Å². The van der Waals surface area contributed by atoms with Gasteiger partial charge in [-0.1, -0.05) is 12.1 Å². The quantitative estimate of drug-likeness (QED) is 0.722. The molecule has 2 aromatic rings. The van der Waals surface area contributed by atoms with E-state index in [9.17, 15) is 18.0 Å². The molecule has 0 aliphatic heterocycles. The van der Waals surface area contributed by atoms with E-state index in [1.165, 1.54) is 38.5 Å². The monoisotopic (exact) mass is 392 g/mol. The maximum absolute atomic E-state index is 12.4. The summed E-state index contributed by atoms with van der Waals surface area (Å²) >= 11 is 0. The highest BCUT2D eigenvalue weighted by Gasteiger charge is 2.22. The third kappa shape index (κ3) is 5.45. The zero-order valence-corrected chi connectivity index (χ0v) is 15.9. The molecular weight excluding hydrogens is 372 g/mol. The highest BCUT2D eigenvalue weighted by Crippen LogP contribution is 2.21. The van der Waals surface area contributed by atoms with Gasteiger partial charge in [0.1, 0.15) is 12.3 Å². The Labute approximate surface area is 157 Å². The fourth-order valence-corrected chi connectivity index (χ4v) is 3.19. The van der Waals surface area contributed by atoms with E-state index in [0.717, 1.165) is 10.6 Å². The zero-order valence-electron chi connectivity index (χ0n) is 15.1. The van der Waals surface area contributed by atoms with Gasteiger partial charge in [0.2, 0.25) is 15.9 Å². The van der Waals surface area contributed by atoms with Gasteiger partial charge in [0.25, 0.3) is 0 Å². The molecule has 1 amide bonds. The predicted molar refractivity (Wildman–Crippen MR) is 102 cm³/mol. The average molecular weight is 392 g/mol. The molecule has 27 heavy (non-hydrogen) atoms. The fraction of sp³-hybridized carbons (Fsp3) is 0.222. The van der Waals surface area contributed by atoms with Crippen molar-refractivity contribution in [2.24, 2.45) is 0 Å². The minimum atomic E-state index is -3.77. The smallest absolute Gasteiger partial charge is 0.337 e. The van der Waals surface area contributed by atoms with Crippen molar-refractivity contribution in [2.75, 3.05) is 36.6 Å². The second kappa shape index (κ2) is 8.54. The van der Waals surface area contributed by atoms with E-state index in [-0.39, 0.29) is 11.3 Å². The van der Waals surface area contributed by atoms with Crippen molar-refractivity contribution in [3.8, 4) is 5.75 Å². The molecule has 0 bridgehead atoms. The Kier molecular flexibility index (Phi) is 6.40. The standard InChI is InChI=1S/C18H20N2O6S/c1-25-16-9-5-7-14(11-16)19-17(21)12-20(27(3,23)24)15-8-4-6-13(10-15)18(22)26-2/h4-11H,12H2,1-3H3,(H,19,21). The van der Waals surface area contributed by atoms with Crippen LogP contribution >= 0.6 is 0 Å². The van der Waals surface area contributed by atoms with Crippen LogP contribution in [-0.2, 0) is 19.6 Å². The molecule has 8 nitrogen and oxygen atoms in total. The molecule has 0 aliphatic carbocycles. The lowest BCUT2D eigenvalue weighted by Gasteiger charge is -2.22. The van der Waals surface area contributed by atoms with Gasteiger partial charge in [-0.15, -0.1) is 0 Å². The second-order valence-electron chi connectivity index (χ2n) is 5.59. The van der Waals surface area contributed by atoms with Gasteiger partial charge in [-0.2, -0.15) is 0 Å². The Balaban J connectivity index is 2.25. The van der Waals surface area contributed by atoms with Crippen molar-refractivity contribution in [3.05, 3.63) is 54.1 Å². The molecule has 1 N–H and O–H groups in total. The van der Waals surface area contributed by atoms with Crippen LogP contribution in [0.4, 0.5) is 11.4 Å². The molecule has 0 spiro atoms. The number of esters is 1. The largest absolute Gasteiger partial charge is 0.497 e. The SMILES string of the molecule is COC(=O)c1cccc(N(CC(=O)Nc2cccc(OC)c2)S(C)(=O)=O)c1. The number of benzene rings is 2. The first-order valence-electron chi connectivity index (χ1n) is 7.84. The summed E-state index contributed by atoms with van der Waals surface area (Å²) in [6.45, 7) is -0.458. The summed E-state index contributed by atoms with van der Waals surface area (Å²) in [6, 6.07) is 12.5. The van der Waals surface area contributed by atoms with Crippen LogP contribution in [0.1, 0.15) is 10.4 Å². The first-order valence-corrected chi connectivity index (χ1v) is 9.69. The summed E-state index contributed by atoms with van der Waals surface area (Å²) in [5, 5.41) is 2.62. The number of amides is 1. The van der Waals surface area contributed by atoms with Gasteiger partial charge in [-0.25, -0.2) is 13.2 Å². The number of nitrogens with zero attached hydrogens (tertiary/aromatic N) is 1. The summed E-state index contributed by atoms with van der Waals surface area (Å²) in [5.41, 5.74) is 0.828. The van der Waals surface area contributed by atoms with Crippen LogP contribution in [0, 0.1) is 0 Å². The molecule has 0 saturated heterocycles. The van der Waals surface area contributed by atoms with Crippen LogP contribution < -0.4 is 14.4 Å². The number of ether oxygens (including phenoxy) is 2. The van der Waals surface area contributed by atoms with Gasteiger partial charge in [0.05, 0.1) is 31.7 Å². The van der Waals surface area contributed by atoms with Crippen LogP contribution in [-0.4, -0.2) is 47.3 Å². The molecule has 0 aromatic heterocycles. The molecular formula is C18H20N2O6S. The van der Waals surface area contributed by atoms with E-state index in [2.05, 4.69) is 10.1 Å². The van der Waals surface area contributed by atoms with Crippen molar-refractivity contribution in [1.82, 2.24) is 0 Å². The first-order chi connectivity index (χ1) is 12.7. The van der Waals surface area contributed by atoms with Crippen molar-refractivity contribution in [3.63, 3.8) is 0 Å². The maximum Gasteiger partial charge on any atom is 0.337 e. The number of anilines is 2. The van der Waals surface area contributed by atoms with E-state index in [0.29, 0.717) is 11.4 Å². The molecule has 2 aromatic carbocycles. The van der Waals surface area contributed by atoms with Crippen LogP contribution in [0.25, 0.3) is 0 Å². The minimum absolute atomic E-state index is 0.178. The highest BCUT2D eigenvalue weighted by molar-refractivity contribution is 7.92. The third-order valence-corrected chi connectivity index (χ3v) is 4.74. The summed E-state index contributed by atoms with van der Waals surface area (Å²) in [4.78, 5) is 24.0. The molecule has 0 radical (unpaired) electrons. The number of rotatable bonds is 7. The van der Waals surface area contributed by atoms with Gasteiger partial charge >= 0.3 is 5.97 Å². The summed E-state index contributed by atoms with van der Waals surface area (Å²) in [5.74, 6) is -0.596. The lowest BCUT2D eigenvalue weighted by atomic mass is 10.2. The van der Waals surface area contributed by atoms with Crippen molar-refractivity contribution in [2.45, 2.75) is 0 Å². The Morgan fingerprint density at radius 1 is 1.07 bits per heavy atom. The Bertz CT molecular complexity index is 942. The maximum atomic E-state index is 12.4. The predicted octanol–water partition coefficient (Wildman–Crippen LogP) is 1.89. The third-order valence-electron chi connectivity index (χ3n) is 3.60. The van der Waals surface area contributed by atoms with Crippen LogP contribution in [0.3, 0.4) is 0 Å². The van der Waals surface area contributed by atoms with Crippen molar-refractivity contribution in [1.29, 1.82) is 0 Å². The molecule has 0 heterocycles. The zero-order chi connectivity index (χ0) is 20.0. The van der Waals surface area contributed by atoms with Gasteiger partial charge in [-0.05, 0) is 30.3 Å². The Hall–Kier alpha value is -3.07. The van der Waals surface area contributed by atoms with E-state index in [1.807, 2.05) is 0 Å². The van der Waals surface area contributed by atoms with Gasteiger partial charge in [0, 0.05) is 11.8 Å². The number of carbonyl (C=O) groups is 2. The average Bonchev–Trinajstić information content (AvgIpc) is 2.64. The fourth-order valence-electron chi connectivity index (χ4n) is 2.34. The molecule has 0 aliphatic rings. The van der Waals surface area contributed by atoms with Crippen LogP contribution in [0.15, 0.2) is 48.5 Å². The number of methoxy groups -OCH3 is 2. The number of hydrogen-bond acceptors (Lipinski definition) is 6. The molecule has 9 heteroatoms. The van der Waals surface area contributed by atoms with E-state index in [1.54, 1.807) is 24.3 Å². The minimum Gasteiger partial charge on any atom is -0.497 e. The van der Waals surface area contributed by atoms with Gasteiger partial charge < -0.3 is 14.8 Å². The Morgan fingerprint density at radius 2 is 1.78 bits per heavy atom. The summed E-state index contributed by atoms with van der Waals surface area (Å²) < 4.78 is 35.0. The van der Waals surface area contributed by atoms with E-state index < -0.39 is 28.4 Å². The lowest BCUT2D eigenvalue weighted by Crippen LogP contribution is -2.37. The molecule has 0 saturated carbocycles. The van der Waals surface area contributed by atoms with Crippen LogP contribution in [0.5, 0.6) is 5.75 Å². The molecule has 144 valence electrons. The van der Waals surface area contributed by atoms with Crippen molar-refractivity contribution >= 4 is 33.3 Å². The summed E-state index contributed by atoms with van der Waals surface area (Å²) in [6.07, 6.45) is 0.983. The normalized spacial score (nSPS) is 10.8. The molecule has 0 fully saturated rings. The topological polar surface area (TPSA) is 102 Å². The number of nitrogens with one attached hydrogen (secondary N) is 1. The van der Waals surface area contributed by atoms with Crippen molar-refractivity contribution < 1.29 is 27.5 Å². The van der Waals surface area contributed by atoms with Gasteiger partial charge in [0.15, 0.2) is 0 Å². The second-order valence-corrected chi connectivity index (χ2v) is 7.50. The first kappa shape index (κ1) is 20.2. The number of sulfonamides is 1. The highest BCUT2D eigenvalue weighted by atomic mass is 32.2. The number of hydrogen-bond donors (Lipinski definition) is 1. The molecule has 0 unspecified atom stereocenters. The van der Waals surface area contributed by atoms with Gasteiger partial charge in [-0.3, -0.25) is 9.10 Å². The lowest BCUT2D eigenvalue weighted by molar-refractivity contribution is -0.114. The molecule has 2 rings (SSSR count). The van der Waals surface area contributed by atoms with E-state index in [4.69, 9.17) is 4.74 Å². The Morgan fingerprint density at radius 3 is 2.41 bits per heavy atom. The molecule has 0 atom stereocenters.